The number of hydrogen-bond acceptors (Lipinski definition) is 1. The molecule has 0 aromatic carbocycles. The van der Waals surface area contributed by atoms with Crippen LogP contribution in [0.2, 0.25) is 0 Å². The average molecular weight is 179 g/mol. The molecule has 5 atom stereocenters. The lowest BCUT2D eigenvalue weighted by molar-refractivity contribution is 0.167. The quantitative estimate of drug-likeness (QED) is 0.655. The second kappa shape index (κ2) is 2.73. The van der Waals surface area contributed by atoms with E-state index in [1.54, 1.807) is 0 Å². The molecule has 0 spiro atoms. The lowest BCUT2D eigenvalue weighted by Gasteiger charge is -2.30. The SMILES string of the molecule is CC[C]1CC2CC1C1CC(O)CC21. The Morgan fingerprint density at radius 3 is 2.77 bits per heavy atom. The molecule has 0 saturated heterocycles. The molecule has 1 radical (unpaired) electrons. The van der Waals surface area contributed by atoms with Crippen molar-refractivity contribution < 1.29 is 5.11 Å². The molecule has 1 N–H and O–H groups in total. The van der Waals surface area contributed by atoms with E-state index in [4.69, 9.17) is 0 Å². The van der Waals surface area contributed by atoms with E-state index in [1.807, 2.05) is 5.92 Å². The second-order valence-corrected chi connectivity index (χ2v) is 5.27. The first-order valence-electron chi connectivity index (χ1n) is 5.82. The minimum Gasteiger partial charge on any atom is -0.393 e. The Morgan fingerprint density at radius 2 is 2.00 bits per heavy atom. The van der Waals surface area contributed by atoms with E-state index >= 15 is 0 Å². The van der Waals surface area contributed by atoms with Crippen molar-refractivity contribution in [3.63, 3.8) is 0 Å². The molecular formula is C12H19O. The maximum Gasteiger partial charge on any atom is 0.0546 e. The van der Waals surface area contributed by atoms with Crippen molar-refractivity contribution >= 4 is 0 Å². The van der Waals surface area contributed by atoms with Gasteiger partial charge < -0.3 is 5.11 Å². The standard InChI is InChI=1S/C12H19O/c1-2-7-3-8-4-10(7)12-6-9(13)5-11(8)12/h8-13H,2-6H2,1H3. The van der Waals surface area contributed by atoms with Crippen LogP contribution in [0.1, 0.15) is 39.0 Å². The summed E-state index contributed by atoms with van der Waals surface area (Å²) >= 11 is 0. The van der Waals surface area contributed by atoms with Gasteiger partial charge in [0.1, 0.15) is 0 Å². The van der Waals surface area contributed by atoms with Gasteiger partial charge in [-0.15, -0.1) is 0 Å². The van der Waals surface area contributed by atoms with Crippen molar-refractivity contribution in [3.05, 3.63) is 5.92 Å². The summed E-state index contributed by atoms with van der Waals surface area (Å²) in [6, 6.07) is 0. The van der Waals surface area contributed by atoms with Crippen molar-refractivity contribution in [1.82, 2.24) is 0 Å². The second-order valence-electron chi connectivity index (χ2n) is 5.27. The van der Waals surface area contributed by atoms with Crippen LogP contribution in [0.15, 0.2) is 0 Å². The van der Waals surface area contributed by atoms with Gasteiger partial charge in [-0.05, 0) is 61.7 Å². The molecule has 0 heterocycles. The summed E-state index contributed by atoms with van der Waals surface area (Å²) in [5.74, 6) is 5.47. The molecule has 0 amide bonds. The highest BCUT2D eigenvalue weighted by molar-refractivity contribution is 5.16. The number of aliphatic hydroxyl groups is 1. The van der Waals surface area contributed by atoms with Crippen molar-refractivity contribution in [2.24, 2.45) is 23.7 Å². The summed E-state index contributed by atoms with van der Waals surface area (Å²) < 4.78 is 0. The Hall–Kier alpha value is -0.0400. The fourth-order valence-electron chi connectivity index (χ4n) is 4.35. The van der Waals surface area contributed by atoms with E-state index < -0.39 is 0 Å². The summed E-state index contributed by atoms with van der Waals surface area (Å²) in [6.07, 6.45) is 6.41. The zero-order chi connectivity index (χ0) is 9.00. The van der Waals surface area contributed by atoms with E-state index in [2.05, 4.69) is 6.92 Å². The minimum absolute atomic E-state index is 0.0384. The van der Waals surface area contributed by atoms with Crippen molar-refractivity contribution in [1.29, 1.82) is 0 Å². The molecule has 13 heavy (non-hydrogen) atoms. The Kier molecular flexibility index (Phi) is 1.74. The molecule has 2 bridgehead atoms. The fourth-order valence-corrected chi connectivity index (χ4v) is 4.35. The highest BCUT2D eigenvalue weighted by Gasteiger charge is 2.55. The van der Waals surface area contributed by atoms with Crippen LogP contribution in [-0.4, -0.2) is 11.2 Å². The normalized spacial score (nSPS) is 54.5. The monoisotopic (exact) mass is 179 g/mol. The van der Waals surface area contributed by atoms with Gasteiger partial charge in [0.15, 0.2) is 0 Å². The van der Waals surface area contributed by atoms with E-state index in [0.717, 1.165) is 36.5 Å². The van der Waals surface area contributed by atoms with Gasteiger partial charge in [0.2, 0.25) is 0 Å². The molecule has 73 valence electrons. The molecule has 0 aliphatic heterocycles. The van der Waals surface area contributed by atoms with E-state index in [0.29, 0.717) is 0 Å². The molecule has 1 heteroatoms. The summed E-state index contributed by atoms with van der Waals surface area (Å²) in [6.45, 7) is 2.30. The van der Waals surface area contributed by atoms with Gasteiger partial charge in [-0.2, -0.15) is 0 Å². The smallest absolute Gasteiger partial charge is 0.0546 e. The van der Waals surface area contributed by atoms with Gasteiger partial charge in [-0.1, -0.05) is 6.92 Å². The van der Waals surface area contributed by atoms with E-state index in [9.17, 15) is 5.11 Å². The van der Waals surface area contributed by atoms with E-state index in [1.165, 1.54) is 19.3 Å². The third kappa shape index (κ3) is 1.03. The molecular weight excluding hydrogens is 160 g/mol. The Balaban J connectivity index is 1.81. The molecule has 1 nitrogen and oxygen atoms in total. The molecule has 5 unspecified atom stereocenters. The third-order valence-corrected chi connectivity index (χ3v) is 4.82. The molecule has 0 aromatic heterocycles. The summed E-state index contributed by atoms with van der Waals surface area (Å²) in [4.78, 5) is 0. The zero-order valence-corrected chi connectivity index (χ0v) is 8.37. The molecule has 0 aromatic rings. The number of rotatable bonds is 1. The van der Waals surface area contributed by atoms with Crippen molar-refractivity contribution in [3.8, 4) is 0 Å². The first-order chi connectivity index (χ1) is 6.29. The van der Waals surface area contributed by atoms with Gasteiger partial charge in [-0.25, -0.2) is 0 Å². The van der Waals surface area contributed by atoms with Crippen LogP contribution in [-0.2, 0) is 0 Å². The average Bonchev–Trinajstić information content (AvgIpc) is 2.71. The molecule has 3 rings (SSSR count). The van der Waals surface area contributed by atoms with Crippen LogP contribution in [0, 0.1) is 29.6 Å². The molecule has 3 saturated carbocycles. The van der Waals surface area contributed by atoms with Gasteiger partial charge >= 0.3 is 0 Å². The number of hydrogen-bond donors (Lipinski definition) is 1. The van der Waals surface area contributed by atoms with Gasteiger partial charge in [0.25, 0.3) is 0 Å². The largest absolute Gasteiger partial charge is 0.393 e. The predicted molar refractivity (Wildman–Crippen MR) is 52.0 cm³/mol. The van der Waals surface area contributed by atoms with Crippen LogP contribution >= 0.6 is 0 Å². The first-order valence-corrected chi connectivity index (χ1v) is 5.82. The third-order valence-electron chi connectivity index (χ3n) is 4.82. The van der Waals surface area contributed by atoms with Gasteiger partial charge in [-0.3, -0.25) is 0 Å². The lowest BCUT2D eigenvalue weighted by Crippen LogP contribution is -2.22. The van der Waals surface area contributed by atoms with Crippen LogP contribution in [0.4, 0.5) is 0 Å². The number of fused-ring (bicyclic) bond motifs is 5. The van der Waals surface area contributed by atoms with Crippen LogP contribution in [0.3, 0.4) is 0 Å². The highest BCUT2D eigenvalue weighted by Crippen LogP contribution is 2.62. The topological polar surface area (TPSA) is 20.2 Å². The highest BCUT2D eigenvalue weighted by atomic mass is 16.3. The van der Waals surface area contributed by atoms with Gasteiger partial charge in [0, 0.05) is 0 Å². The van der Waals surface area contributed by atoms with E-state index in [-0.39, 0.29) is 6.10 Å². The van der Waals surface area contributed by atoms with Crippen molar-refractivity contribution in [2.75, 3.05) is 0 Å². The predicted octanol–water partition coefficient (Wildman–Crippen LogP) is 2.40. The lowest BCUT2D eigenvalue weighted by atomic mass is 9.75. The summed E-state index contributed by atoms with van der Waals surface area (Å²) in [5.41, 5.74) is 0. The Bertz CT molecular complexity index is 209. The first kappa shape index (κ1) is 8.28. The molecule has 3 aliphatic rings. The summed E-state index contributed by atoms with van der Waals surface area (Å²) in [5, 5.41) is 9.65. The number of aliphatic hydroxyl groups excluding tert-OH is 1. The minimum atomic E-state index is 0.0384. The van der Waals surface area contributed by atoms with Gasteiger partial charge in [0.05, 0.1) is 6.10 Å². The Morgan fingerprint density at radius 1 is 1.23 bits per heavy atom. The zero-order valence-electron chi connectivity index (χ0n) is 8.37. The van der Waals surface area contributed by atoms with Crippen LogP contribution in [0.5, 0.6) is 0 Å². The Labute approximate surface area is 80.5 Å². The molecule has 3 fully saturated rings. The maximum absolute atomic E-state index is 9.65. The van der Waals surface area contributed by atoms with Crippen LogP contribution in [0.25, 0.3) is 0 Å². The van der Waals surface area contributed by atoms with Crippen LogP contribution < -0.4 is 0 Å². The summed E-state index contributed by atoms with van der Waals surface area (Å²) in [7, 11) is 0. The maximum atomic E-state index is 9.65. The van der Waals surface area contributed by atoms with Crippen molar-refractivity contribution in [2.45, 2.75) is 45.1 Å². The molecule has 3 aliphatic carbocycles. The fraction of sp³-hybridized carbons (Fsp3) is 0.917.